The average molecular weight is 144 g/mol. The maximum atomic E-state index is 8.49. The Balaban J connectivity index is 2.18. The number of hydrogen-bond donors (Lipinski definition) is 1. The van der Waals surface area contributed by atoms with Crippen LogP contribution < -0.4 is 0 Å². The van der Waals surface area contributed by atoms with Gasteiger partial charge < -0.3 is 14.6 Å². The van der Waals surface area contributed by atoms with E-state index in [1.54, 1.807) is 6.26 Å². The van der Waals surface area contributed by atoms with Gasteiger partial charge in [-0.05, 0) is 18.4 Å². The van der Waals surface area contributed by atoms with Gasteiger partial charge in [0.2, 0.25) is 0 Å². The molecule has 1 aliphatic rings. The second kappa shape index (κ2) is 4.30. The minimum atomic E-state index is 0.233. The van der Waals surface area contributed by atoms with Crippen molar-refractivity contribution >= 4 is 0 Å². The second-order valence-corrected chi connectivity index (χ2v) is 2.24. The predicted molar refractivity (Wildman–Crippen MR) is 36.3 cm³/mol. The van der Waals surface area contributed by atoms with Crippen LogP contribution in [0.4, 0.5) is 0 Å². The number of aliphatic hydroxyl groups is 1. The zero-order valence-corrected chi connectivity index (χ0v) is 5.88. The Morgan fingerprint density at radius 1 is 1.60 bits per heavy atom. The van der Waals surface area contributed by atoms with Crippen molar-refractivity contribution in [1.29, 1.82) is 0 Å². The molecule has 10 heavy (non-hydrogen) atoms. The molecule has 0 saturated heterocycles. The van der Waals surface area contributed by atoms with Crippen molar-refractivity contribution in [3.8, 4) is 0 Å². The first kappa shape index (κ1) is 7.57. The van der Waals surface area contributed by atoms with Gasteiger partial charge in [-0.15, -0.1) is 0 Å². The van der Waals surface area contributed by atoms with Gasteiger partial charge in [-0.1, -0.05) is 0 Å². The molecule has 0 fully saturated rings. The summed E-state index contributed by atoms with van der Waals surface area (Å²) in [4.78, 5) is 0. The molecule has 0 aromatic heterocycles. The fourth-order valence-corrected chi connectivity index (χ4v) is 0.844. The fourth-order valence-electron chi connectivity index (χ4n) is 0.844. The van der Waals surface area contributed by atoms with Crippen molar-refractivity contribution in [1.82, 2.24) is 0 Å². The minimum absolute atomic E-state index is 0.233. The second-order valence-electron chi connectivity index (χ2n) is 2.24. The van der Waals surface area contributed by atoms with E-state index in [0.717, 1.165) is 18.4 Å². The van der Waals surface area contributed by atoms with Crippen molar-refractivity contribution in [2.75, 3.05) is 20.0 Å². The van der Waals surface area contributed by atoms with E-state index in [4.69, 9.17) is 14.6 Å². The first-order chi connectivity index (χ1) is 4.93. The van der Waals surface area contributed by atoms with Crippen LogP contribution >= 0.6 is 0 Å². The monoisotopic (exact) mass is 144 g/mol. The normalized spacial score (nSPS) is 17.9. The number of hydrogen-bond acceptors (Lipinski definition) is 3. The van der Waals surface area contributed by atoms with Gasteiger partial charge >= 0.3 is 0 Å². The first-order valence-electron chi connectivity index (χ1n) is 3.41. The Bertz CT molecular complexity index is 120. The third-order valence-electron chi connectivity index (χ3n) is 1.34. The van der Waals surface area contributed by atoms with E-state index in [1.165, 1.54) is 0 Å². The van der Waals surface area contributed by atoms with Gasteiger partial charge in [0, 0.05) is 6.61 Å². The number of rotatable bonds is 3. The lowest BCUT2D eigenvalue weighted by Gasteiger charge is -2.13. The molecule has 1 aliphatic heterocycles. The summed E-state index contributed by atoms with van der Waals surface area (Å²) in [6, 6.07) is 0. The SMILES string of the molecule is OCCCC1=COCOC1. The third kappa shape index (κ3) is 2.37. The van der Waals surface area contributed by atoms with E-state index in [0.29, 0.717) is 13.4 Å². The molecule has 0 spiro atoms. The van der Waals surface area contributed by atoms with Crippen molar-refractivity contribution in [2.24, 2.45) is 0 Å². The highest BCUT2D eigenvalue weighted by Gasteiger charge is 2.02. The van der Waals surface area contributed by atoms with E-state index < -0.39 is 0 Å². The van der Waals surface area contributed by atoms with Crippen LogP contribution in [-0.4, -0.2) is 25.1 Å². The van der Waals surface area contributed by atoms with Crippen LogP contribution in [0.3, 0.4) is 0 Å². The smallest absolute Gasteiger partial charge is 0.188 e. The van der Waals surface area contributed by atoms with E-state index in [9.17, 15) is 0 Å². The van der Waals surface area contributed by atoms with Gasteiger partial charge in [0.1, 0.15) is 0 Å². The van der Waals surface area contributed by atoms with Crippen LogP contribution in [0.2, 0.25) is 0 Å². The summed E-state index contributed by atoms with van der Waals surface area (Å²) in [6.07, 6.45) is 3.38. The van der Waals surface area contributed by atoms with Crippen LogP contribution in [0.1, 0.15) is 12.8 Å². The zero-order chi connectivity index (χ0) is 7.23. The van der Waals surface area contributed by atoms with Crippen molar-refractivity contribution in [3.63, 3.8) is 0 Å². The molecule has 3 nitrogen and oxygen atoms in total. The van der Waals surface area contributed by atoms with Gasteiger partial charge in [0.25, 0.3) is 0 Å². The molecule has 1 heterocycles. The first-order valence-corrected chi connectivity index (χ1v) is 3.41. The van der Waals surface area contributed by atoms with Crippen LogP contribution in [0.15, 0.2) is 11.8 Å². The number of ether oxygens (including phenoxy) is 2. The Morgan fingerprint density at radius 3 is 3.10 bits per heavy atom. The molecule has 1 rings (SSSR count). The standard InChI is InChI=1S/C7H12O3/c8-3-1-2-7-4-9-6-10-5-7/h4,8H,1-3,5-6H2. The number of aliphatic hydroxyl groups excluding tert-OH is 1. The Kier molecular flexibility index (Phi) is 3.26. The van der Waals surface area contributed by atoms with Gasteiger partial charge in [-0.2, -0.15) is 0 Å². The molecule has 0 bridgehead atoms. The Morgan fingerprint density at radius 2 is 2.50 bits per heavy atom. The summed E-state index contributed by atoms with van der Waals surface area (Å²) in [5.41, 5.74) is 1.13. The molecule has 0 saturated carbocycles. The van der Waals surface area contributed by atoms with Gasteiger partial charge in [0.15, 0.2) is 6.79 Å². The average Bonchev–Trinajstić information content (AvgIpc) is 2.03. The summed E-state index contributed by atoms with van der Waals surface area (Å²) >= 11 is 0. The summed E-state index contributed by atoms with van der Waals surface area (Å²) in [5, 5.41) is 8.49. The highest BCUT2D eigenvalue weighted by Crippen LogP contribution is 2.09. The molecule has 1 N–H and O–H groups in total. The van der Waals surface area contributed by atoms with Crippen LogP contribution in [0.25, 0.3) is 0 Å². The molecular weight excluding hydrogens is 132 g/mol. The Labute approximate surface area is 60.3 Å². The van der Waals surface area contributed by atoms with E-state index in [1.807, 2.05) is 0 Å². The summed E-state index contributed by atoms with van der Waals surface area (Å²) in [6.45, 7) is 1.25. The van der Waals surface area contributed by atoms with Gasteiger partial charge in [-0.3, -0.25) is 0 Å². The predicted octanol–water partition coefficient (Wildman–Crippen LogP) is 0.647. The molecule has 0 aromatic rings. The van der Waals surface area contributed by atoms with Crippen LogP contribution in [-0.2, 0) is 9.47 Å². The van der Waals surface area contributed by atoms with E-state index in [2.05, 4.69) is 0 Å². The molecule has 0 amide bonds. The summed E-state index contributed by atoms with van der Waals surface area (Å²) < 4.78 is 9.92. The largest absolute Gasteiger partial charge is 0.475 e. The maximum Gasteiger partial charge on any atom is 0.188 e. The van der Waals surface area contributed by atoms with E-state index >= 15 is 0 Å². The van der Waals surface area contributed by atoms with Crippen molar-refractivity contribution < 1.29 is 14.6 Å². The molecule has 0 radical (unpaired) electrons. The molecule has 3 heteroatoms. The molecule has 58 valence electrons. The molecule has 0 aromatic carbocycles. The molecular formula is C7H12O3. The minimum Gasteiger partial charge on any atom is -0.475 e. The summed E-state index contributed by atoms with van der Waals surface area (Å²) in [5.74, 6) is 0. The lowest BCUT2D eigenvalue weighted by molar-refractivity contribution is -0.0221. The fraction of sp³-hybridized carbons (Fsp3) is 0.714. The molecule has 0 unspecified atom stereocenters. The molecule has 0 aliphatic carbocycles. The van der Waals surface area contributed by atoms with Gasteiger partial charge in [-0.25, -0.2) is 0 Å². The third-order valence-corrected chi connectivity index (χ3v) is 1.34. The zero-order valence-electron chi connectivity index (χ0n) is 5.88. The van der Waals surface area contributed by atoms with Gasteiger partial charge in [0.05, 0.1) is 12.9 Å². The lowest BCUT2D eigenvalue weighted by atomic mass is 10.2. The highest BCUT2D eigenvalue weighted by molar-refractivity contribution is 4.99. The summed E-state index contributed by atoms with van der Waals surface area (Å²) in [7, 11) is 0. The van der Waals surface area contributed by atoms with Crippen LogP contribution in [0, 0.1) is 0 Å². The quantitative estimate of drug-likeness (QED) is 0.632. The molecule has 0 atom stereocenters. The van der Waals surface area contributed by atoms with Crippen LogP contribution in [0.5, 0.6) is 0 Å². The van der Waals surface area contributed by atoms with Crippen molar-refractivity contribution in [2.45, 2.75) is 12.8 Å². The lowest BCUT2D eigenvalue weighted by Crippen LogP contribution is -2.08. The van der Waals surface area contributed by atoms with Crippen molar-refractivity contribution in [3.05, 3.63) is 11.8 Å². The topological polar surface area (TPSA) is 38.7 Å². The van der Waals surface area contributed by atoms with E-state index in [-0.39, 0.29) is 6.61 Å². The highest BCUT2D eigenvalue weighted by atomic mass is 16.7. The maximum absolute atomic E-state index is 8.49. The Hall–Kier alpha value is -0.540.